The van der Waals surface area contributed by atoms with Crippen LogP contribution in [0.1, 0.15) is 5.17 Å². The van der Waals surface area contributed by atoms with Crippen LogP contribution in [-0.2, 0) is 0 Å². The van der Waals surface area contributed by atoms with Gasteiger partial charge in [-0.25, -0.2) is 4.99 Å². The Hall–Kier alpha value is -2.32. The molecule has 0 spiro atoms. The van der Waals surface area contributed by atoms with Gasteiger partial charge >= 0.3 is 0 Å². The van der Waals surface area contributed by atoms with Crippen LogP contribution in [-0.4, -0.2) is 9.12 Å². The number of nitrogens with zero attached hydrogens (tertiary/aromatic N) is 1. The van der Waals surface area contributed by atoms with Crippen LogP contribution in [0.25, 0.3) is 28.3 Å². The Bertz CT molecular complexity index is 920. The average Bonchev–Trinajstić information content (AvgIpc) is 3.05. The van der Waals surface area contributed by atoms with Crippen molar-refractivity contribution in [3.8, 4) is 22.3 Å². The van der Waals surface area contributed by atoms with Gasteiger partial charge in [0.25, 0.3) is 0 Å². The number of fused-ring (bicyclic) bond motifs is 7. The fraction of sp³-hybridized carbons (Fsp3) is 0. The molecule has 0 bridgehead atoms. The lowest BCUT2D eigenvalue weighted by Gasteiger charge is -2.02. The van der Waals surface area contributed by atoms with E-state index in [1.54, 1.807) is 0 Å². The average molecular weight is 269 g/mol. The van der Waals surface area contributed by atoms with Gasteiger partial charge in [0.05, 0.1) is 11.0 Å². The molecule has 2 aliphatic rings. The van der Waals surface area contributed by atoms with E-state index in [0.717, 1.165) is 11.0 Å². The summed E-state index contributed by atoms with van der Waals surface area (Å²) in [4.78, 5) is 4.86. The summed E-state index contributed by atoms with van der Waals surface area (Å²) in [5, 5.41) is 3.98. The van der Waals surface area contributed by atoms with Crippen LogP contribution in [0.2, 0.25) is 0 Å². The predicted molar refractivity (Wildman–Crippen MR) is 84.1 cm³/mol. The largest absolute Gasteiger partial charge is 0.247 e. The molecule has 0 N–H and O–H groups in total. The monoisotopic (exact) mass is 269 g/mol. The van der Waals surface area contributed by atoms with Gasteiger partial charge in [0.15, 0.2) is 0 Å². The van der Waals surface area contributed by atoms with E-state index in [1.165, 1.54) is 32.6 Å². The SMILES string of the molecule is C1=c2c(ccc3c2=Nc2ccccc2-3)-c2ccc[siH]c21. The van der Waals surface area contributed by atoms with Crippen molar-refractivity contribution in [3.63, 3.8) is 0 Å². The van der Waals surface area contributed by atoms with E-state index >= 15 is 0 Å². The molecular weight excluding hydrogens is 258 g/mol. The maximum Gasteiger partial charge on any atom is 0.0794 e. The lowest BCUT2D eigenvalue weighted by atomic mass is 10.0. The number of hydrogen-bond donors (Lipinski definition) is 0. The molecule has 0 saturated carbocycles. The van der Waals surface area contributed by atoms with Crippen molar-refractivity contribution in [1.82, 2.24) is 0 Å². The molecule has 0 atom stereocenters. The van der Waals surface area contributed by atoms with Crippen LogP contribution in [0.4, 0.5) is 5.69 Å². The molecule has 5 rings (SSSR count). The van der Waals surface area contributed by atoms with Crippen molar-refractivity contribution < 1.29 is 0 Å². The maximum atomic E-state index is 4.86. The Labute approximate surface area is 118 Å². The molecule has 2 heteroatoms. The van der Waals surface area contributed by atoms with Gasteiger partial charge in [0.1, 0.15) is 0 Å². The summed E-state index contributed by atoms with van der Waals surface area (Å²) in [6.45, 7) is 0. The standard InChI is InChI=1S/C18H11NSi/c1-2-6-16-12(4-1)14-8-7-11-13-5-3-9-20-17(13)10-15(11)18(14)19-16/h1-10,20H. The lowest BCUT2D eigenvalue weighted by molar-refractivity contribution is 1.38. The van der Waals surface area contributed by atoms with Gasteiger partial charge in [0.2, 0.25) is 0 Å². The summed E-state index contributed by atoms with van der Waals surface area (Å²) in [6, 6.07) is 17.3. The van der Waals surface area contributed by atoms with Crippen LogP contribution in [0.5, 0.6) is 0 Å². The molecule has 0 unspecified atom stereocenters. The molecule has 20 heavy (non-hydrogen) atoms. The van der Waals surface area contributed by atoms with Crippen molar-refractivity contribution in [1.29, 1.82) is 0 Å². The fourth-order valence-corrected chi connectivity index (χ4v) is 4.39. The molecule has 3 aromatic rings. The molecule has 1 aliphatic heterocycles. The maximum absolute atomic E-state index is 4.86. The molecule has 2 heterocycles. The third-order valence-corrected chi connectivity index (χ3v) is 5.45. The Balaban J connectivity index is 1.93. The highest BCUT2D eigenvalue weighted by molar-refractivity contribution is 6.36. The van der Waals surface area contributed by atoms with Crippen molar-refractivity contribution in [2.24, 2.45) is 4.99 Å². The summed E-state index contributed by atoms with van der Waals surface area (Å²) >= 11 is 0. The van der Waals surface area contributed by atoms with Gasteiger partial charge in [-0.05, 0) is 28.4 Å². The topological polar surface area (TPSA) is 12.4 Å². The minimum Gasteiger partial charge on any atom is -0.247 e. The zero-order valence-electron chi connectivity index (χ0n) is 10.8. The van der Waals surface area contributed by atoms with Crippen LogP contribution < -0.4 is 10.6 Å². The molecule has 0 amide bonds. The predicted octanol–water partition coefficient (Wildman–Crippen LogP) is 2.50. The first-order valence-electron chi connectivity index (χ1n) is 6.84. The van der Waals surface area contributed by atoms with Crippen molar-refractivity contribution in [3.05, 3.63) is 70.0 Å². The van der Waals surface area contributed by atoms with Gasteiger partial charge in [-0.2, -0.15) is 0 Å². The minimum absolute atomic E-state index is 0.270. The lowest BCUT2D eigenvalue weighted by Crippen LogP contribution is -2.25. The summed E-state index contributed by atoms with van der Waals surface area (Å²) < 4.78 is 0. The highest BCUT2D eigenvalue weighted by Gasteiger charge is 2.19. The molecule has 1 aliphatic carbocycles. The van der Waals surface area contributed by atoms with Gasteiger partial charge in [-0.3, -0.25) is 0 Å². The highest BCUT2D eigenvalue weighted by atomic mass is 28.2. The molecular formula is C18H11NSi. The Morgan fingerprint density at radius 2 is 1.60 bits per heavy atom. The van der Waals surface area contributed by atoms with Crippen molar-refractivity contribution in [2.75, 3.05) is 0 Å². The molecule has 92 valence electrons. The third-order valence-electron chi connectivity index (χ3n) is 4.19. The van der Waals surface area contributed by atoms with Crippen molar-refractivity contribution >= 4 is 20.9 Å². The normalized spacial score (nSPS) is 12.8. The number of para-hydroxylation sites is 1. The minimum atomic E-state index is 0.270. The molecule has 1 aromatic heterocycles. The Kier molecular flexibility index (Phi) is 1.89. The van der Waals surface area contributed by atoms with Crippen LogP contribution >= 0.6 is 0 Å². The number of hydrogen-bond acceptors (Lipinski definition) is 1. The van der Waals surface area contributed by atoms with Gasteiger partial charge in [0, 0.05) is 25.5 Å². The van der Waals surface area contributed by atoms with E-state index in [9.17, 15) is 0 Å². The number of benzene rings is 2. The van der Waals surface area contributed by atoms with Gasteiger partial charge < -0.3 is 0 Å². The smallest absolute Gasteiger partial charge is 0.0794 e. The van der Waals surface area contributed by atoms with Crippen LogP contribution in [0.15, 0.2) is 59.2 Å². The summed E-state index contributed by atoms with van der Waals surface area (Å²) in [7, 11) is 0.270. The van der Waals surface area contributed by atoms with E-state index in [2.05, 4.69) is 60.3 Å². The number of rotatable bonds is 0. The quantitative estimate of drug-likeness (QED) is 0.383. The van der Waals surface area contributed by atoms with Gasteiger partial charge in [-0.1, -0.05) is 48.1 Å². The first-order chi connectivity index (χ1) is 9.92. The Morgan fingerprint density at radius 3 is 2.60 bits per heavy atom. The van der Waals surface area contributed by atoms with Crippen molar-refractivity contribution in [2.45, 2.75) is 0 Å². The summed E-state index contributed by atoms with van der Waals surface area (Å²) in [6.07, 6.45) is 2.36. The summed E-state index contributed by atoms with van der Waals surface area (Å²) in [5.41, 5.74) is 8.70. The van der Waals surface area contributed by atoms with Gasteiger partial charge in [-0.15, -0.1) is 0 Å². The van der Waals surface area contributed by atoms with Crippen LogP contribution in [0.3, 0.4) is 0 Å². The molecule has 1 nitrogen and oxygen atoms in total. The van der Waals surface area contributed by atoms with E-state index < -0.39 is 0 Å². The first-order valence-corrected chi connectivity index (χ1v) is 8.08. The third kappa shape index (κ3) is 1.22. The molecule has 0 radical (unpaired) electrons. The second-order valence-electron chi connectivity index (χ2n) is 5.28. The molecule has 0 fully saturated rings. The second-order valence-corrected chi connectivity index (χ2v) is 6.62. The van der Waals surface area contributed by atoms with Crippen LogP contribution in [0, 0.1) is 0 Å². The second kappa shape index (κ2) is 3.61. The van der Waals surface area contributed by atoms with E-state index in [-0.39, 0.29) is 9.12 Å². The molecule has 2 aromatic carbocycles. The van der Waals surface area contributed by atoms with E-state index in [4.69, 9.17) is 4.99 Å². The summed E-state index contributed by atoms with van der Waals surface area (Å²) in [5.74, 6) is 0. The fourth-order valence-electron chi connectivity index (χ4n) is 3.27. The Morgan fingerprint density at radius 1 is 0.750 bits per heavy atom. The van der Waals surface area contributed by atoms with E-state index in [1.807, 2.05) is 0 Å². The first kappa shape index (κ1) is 10.5. The highest BCUT2D eigenvalue weighted by Crippen LogP contribution is 2.33. The van der Waals surface area contributed by atoms with E-state index in [0.29, 0.717) is 0 Å². The molecule has 0 saturated heterocycles. The zero-order chi connectivity index (χ0) is 13.1. The zero-order valence-corrected chi connectivity index (χ0v) is 12.0.